The van der Waals surface area contributed by atoms with Crippen molar-refractivity contribution in [1.82, 2.24) is 4.98 Å². The van der Waals surface area contributed by atoms with Gasteiger partial charge >= 0.3 is 0 Å². The van der Waals surface area contributed by atoms with Crippen LogP contribution in [0.2, 0.25) is 0 Å². The van der Waals surface area contributed by atoms with Crippen LogP contribution in [0.25, 0.3) is 0 Å². The lowest BCUT2D eigenvalue weighted by Crippen LogP contribution is -2.15. The van der Waals surface area contributed by atoms with Crippen molar-refractivity contribution in [1.29, 1.82) is 0 Å². The zero-order valence-corrected chi connectivity index (χ0v) is 14.8. The van der Waals surface area contributed by atoms with Gasteiger partial charge in [0.2, 0.25) is 12.4 Å². The summed E-state index contributed by atoms with van der Waals surface area (Å²) in [5.74, 6) is -0.371. The molecule has 0 atom stereocenters. The molecule has 6 nitrogen and oxygen atoms in total. The highest BCUT2D eigenvalue weighted by atomic mass is 19.1. The number of amides is 1. The molecule has 0 aliphatic heterocycles. The topological polar surface area (TPSA) is 80.4 Å². The molecule has 0 aliphatic rings. The number of rotatable bonds is 6. The minimum absolute atomic E-state index is 0.0509. The number of H-pyrrole nitrogens is 1. The first-order valence-corrected chi connectivity index (χ1v) is 8.23. The van der Waals surface area contributed by atoms with Gasteiger partial charge in [-0.25, -0.2) is 8.78 Å². The first-order valence-electron chi connectivity index (χ1n) is 8.23. The van der Waals surface area contributed by atoms with Gasteiger partial charge in [-0.15, -0.1) is 0 Å². The van der Waals surface area contributed by atoms with Gasteiger partial charge in [-0.05, 0) is 55.0 Å². The normalized spacial score (nSPS) is 10.4. The molecule has 2 N–H and O–H groups in total. The third kappa shape index (κ3) is 4.53. The van der Waals surface area contributed by atoms with E-state index in [0.717, 1.165) is 0 Å². The zero-order chi connectivity index (χ0) is 20.1. The average Bonchev–Trinajstić information content (AvgIpc) is 2.65. The fourth-order valence-electron chi connectivity index (χ4n) is 2.49. The van der Waals surface area contributed by atoms with Crippen LogP contribution >= 0.6 is 0 Å². The average molecular weight is 386 g/mol. The largest absolute Gasteiger partial charge is 0.463 e. The molecular weight excluding hydrogens is 370 g/mol. The van der Waals surface area contributed by atoms with Crippen LogP contribution in [0, 0.1) is 12.7 Å². The zero-order valence-electron chi connectivity index (χ0n) is 14.8. The Balaban J connectivity index is 1.95. The van der Waals surface area contributed by atoms with Crippen LogP contribution in [0.15, 0.2) is 59.5 Å². The summed E-state index contributed by atoms with van der Waals surface area (Å²) < 4.78 is 36.4. The number of aromatic nitrogens is 1. The van der Waals surface area contributed by atoms with Gasteiger partial charge in [0.15, 0.2) is 0 Å². The van der Waals surface area contributed by atoms with Crippen LogP contribution < -0.4 is 20.3 Å². The smallest absolute Gasteiger partial charge is 0.259 e. The Morgan fingerprint density at radius 2 is 1.89 bits per heavy atom. The summed E-state index contributed by atoms with van der Waals surface area (Å²) in [7, 11) is 0. The van der Waals surface area contributed by atoms with E-state index in [1.807, 2.05) is 0 Å². The number of hydrogen-bond acceptors (Lipinski definition) is 4. The maximum atomic E-state index is 13.3. The number of halogens is 2. The van der Waals surface area contributed by atoms with Crippen molar-refractivity contribution < 1.29 is 23.0 Å². The van der Waals surface area contributed by atoms with Crippen molar-refractivity contribution in [2.45, 2.75) is 6.92 Å². The molecule has 28 heavy (non-hydrogen) atoms. The third-order valence-electron chi connectivity index (χ3n) is 3.81. The van der Waals surface area contributed by atoms with Gasteiger partial charge < -0.3 is 19.8 Å². The van der Waals surface area contributed by atoms with Crippen LogP contribution in [-0.4, -0.2) is 17.8 Å². The Morgan fingerprint density at radius 1 is 1.11 bits per heavy atom. The molecular formula is C20H16F2N2O4. The van der Waals surface area contributed by atoms with Crippen molar-refractivity contribution >= 4 is 11.6 Å². The molecule has 8 heteroatoms. The third-order valence-corrected chi connectivity index (χ3v) is 3.81. The van der Waals surface area contributed by atoms with Crippen molar-refractivity contribution in [3.63, 3.8) is 0 Å². The predicted octanol–water partition coefficient (Wildman–Crippen LogP) is 4.17. The molecule has 3 aromatic rings. The van der Waals surface area contributed by atoms with Crippen LogP contribution in [0.4, 0.5) is 14.5 Å². The summed E-state index contributed by atoms with van der Waals surface area (Å²) in [5.41, 5.74) is 0.472. The number of carbonyl (C=O) groups is 1. The van der Waals surface area contributed by atoms with Crippen molar-refractivity contribution in [2.75, 3.05) is 12.2 Å². The quantitative estimate of drug-likeness (QED) is 0.666. The number of alkyl halides is 1. The Kier molecular flexibility index (Phi) is 5.69. The molecule has 0 saturated carbocycles. The molecule has 1 amide bonds. The Labute approximate surface area is 158 Å². The molecule has 0 bridgehead atoms. The molecule has 2 aromatic carbocycles. The number of carbonyl (C=O) groups excluding carboxylic acids is 1. The second-order valence-electron chi connectivity index (χ2n) is 5.82. The maximum Gasteiger partial charge on any atom is 0.259 e. The number of anilines is 1. The molecule has 1 heterocycles. The lowest BCUT2D eigenvalue weighted by Gasteiger charge is -2.14. The molecule has 1 aromatic heterocycles. The highest BCUT2D eigenvalue weighted by Gasteiger charge is 2.16. The molecule has 0 aliphatic carbocycles. The number of pyridine rings is 1. The van der Waals surface area contributed by atoms with Crippen molar-refractivity contribution in [2.24, 2.45) is 0 Å². The summed E-state index contributed by atoms with van der Waals surface area (Å²) in [6, 6.07) is 10.9. The lowest BCUT2D eigenvalue weighted by atomic mass is 10.1. The molecule has 0 unspecified atom stereocenters. The lowest BCUT2D eigenvalue weighted by molar-refractivity contribution is 0.102. The summed E-state index contributed by atoms with van der Waals surface area (Å²) in [6.07, 6.45) is 1.39. The highest BCUT2D eigenvalue weighted by Crippen LogP contribution is 2.31. The predicted molar refractivity (Wildman–Crippen MR) is 99.3 cm³/mol. The summed E-state index contributed by atoms with van der Waals surface area (Å²) >= 11 is 0. The monoisotopic (exact) mass is 386 g/mol. The van der Waals surface area contributed by atoms with Gasteiger partial charge in [-0.3, -0.25) is 9.59 Å². The Morgan fingerprint density at radius 3 is 2.61 bits per heavy atom. The number of hydrogen-bond donors (Lipinski definition) is 2. The second kappa shape index (κ2) is 8.34. The molecule has 0 radical (unpaired) electrons. The molecule has 144 valence electrons. The van der Waals surface area contributed by atoms with E-state index in [-0.39, 0.29) is 28.3 Å². The van der Waals surface area contributed by atoms with E-state index in [2.05, 4.69) is 10.3 Å². The first kappa shape index (κ1) is 19.1. The number of aromatic amines is 1. The van der Waals surface area contributed by atoms with E-state index in [0.29, 0.717) is 11.3 Å². The van der Waals surface area contributed by atoms with E-state index in [1.54, 1.807) is 6.92 Å². The summed E-state index contributed by atoms with van der Waals surface area (Å²) in [4.78, 5) is 26.6. The van der Waals surface area contributed by atoms with Gasteiger partial charge in [0.05, 0.1) is 5.56 Å². The number of nitrogens with one attached hydrogen (secondary N) is 2. The van der Waals surface area contributed by atoms with E-state index in [4.69, 9.17) is 9.47 Å². The van der Waals surface area contributed by atoms with E-state index in [9.17, 15) is 18.4 Å². The van der Waals surface area contributed by atoms with Gasteiger partial charge in [-0.2, -0.15) is 0 Å². The number of ether oxygens (including phenoxy) is 2. The van der Waals surface area contributed by atoms with Gasteiger partial charge in [-0.1, -0.05) is 0 Å². The minimum atomic E-state index is -1.06. The van der Waals surface area contributed by atoms with Crippen LogP contribution in [0.3, 0.4) is 0 Å². The molecule has 3 rings (SSSR count). The van der Waals surface area contributed by atoms with E-state index >= 15 is 0 Å². The highest BCUT2D eigenvalue weighted by molar-refractivity contribution is 6.06. The summed E-state index contributed by atoms with van der Waals surface area (Å²) in [5, 5.41) is 2.57. The fourth-order valence-corrected chi connectivity index (χ4v) is 2.49. The number of aryl methyl sites for hydroxylation is 1. The Bertz CT molecular complexity index is 1070. The van der Waals surface area contributed by atoms with E-state index in [1.165, 1.54) is 54.7 Å². The molecule has 0 fully saturated rings. The maximum absolute atomic E-state index is 13.3. The molecule has 0 spiro atoms. The molecule has 0 saturated heterocycles. The fraction of sp³-hybridized carbons (Fsp3) is 0.100. The van der Waals surface area contributed by atoms with Crippen molar-refractivity contribution in [3.05, 3.63) is 82.0 Å². The number of benzene rings is 2. The second-order valence-corrected chi connectivity index (χ2v) is 5.82. The van der Waals surface area contributed by atoms with Crippen LogP contribution in [-0.2, 0) is 0 Å². The van der Waals surface area contributed by atoms with Crippen LogP contribution in [0.1, 0.15) is 15.9 Å². The van der Waals surface area contributed by atoms with Gasteiger partial charge in [0.1, 0.15) is 23.1 Å². The van der Waals surface area contributed by atoms with Gasteiger partial charge in [0, 0.05) is 18.0 Å². The summed E-state index contributed by atoms with van der Waals surface area (Å²) in [6.45, 7) is 0.599. The SMILES string of the molecule is Cc1cc(F)ccc1Oc1ccc(OCF)cc1C(=O)Nc1cc[nH]c(=O)c1. The first-order chi connectivity index (χ1) is 13.5. The van der Waals surface area contributed by atoms with E-state index < -0.39 is 18.6 Å². The Hall–Kier alpha value is -3.68. The van der Waals surface area contributed by atoms with Crippen LogP contribution in [0.5, 0.6) is 17.2 Å². The van der Waals surface area contributed by atoms with Gasteiger partial charge in [0.25, 0.3) is 5.91 Å². The van der Waals surface area contributed by atoms with Crippen molar-refractivity contribution in [3.8, 4) is 17.2 Å². The standard InChI is InChI=1S/C20H16F2N2O4/c1-12-8-13(22)2-4-17(12)28-18-5-3-15(27-11-21)10-16(18)20(26)24-14-6-7-23-19(25)9-14/h2-10H,11H2,1H3,(H2,23,24,25,26). The minimum Gasteiger partial charge on any atom is -0.463 e.